The number of amides is 2. The Labute approximate surface area is 185 Å². The van der Waals surface area contributed by atoms with Crippen LogP contribution in [0.1, 0.15) is 29.8 Å². The number of rotatable bonds is 7. The highest BCUT2D eigenvalue weighted by Gasteiger charge is 2.32. The van der Waals surface area contributed by atoms with Crippen molar-refractivity contribution in [3.63, 3.8) is 0 Å². The zero-order valence-corrected chi connectivity index (χ0v) is 17.6. The van der Waals surface area contributed by atoms with Crippen LogP contribution < -0.4 is 10.6 Å². The Morgan fingerprint density at radius 1 is 1.16 bits per heavy atom. The molecule has 0 bridgehead atoms. The minimum Gasteiger partial charge on any atom is -0.454 e. The lowest BCUT2D eigenvalue weighted by Gasteiger charge is -2.20. The van der Waals surface area contributed by atoms with Gasteiger partial charge in [0.15, 0.2) is 12.4 Å². The van der Waals surface area contributed by atoms with Crippen LogP contribution in [0, 0.1) is 11.7 Å². The van der Waals surface area contributed by atoms with E-state index in [0.29, 0.717) is 12.3 Å². The van der Waals surface area contributed by atoms with Gasteiger partial charge in [0.2, 0.25) is 0 Å². The van der Waals surface area contributed by atoms with Gasteiger partial charge in [-0.2, -0.15) is 13.2 Å². The number of ether oxygens (including phenoxy) is 1. The summed E-state index contributed by atoms with van der Waals surface area (Å²) in [4.78, 5) is 40.0. The highest BCUT2D eigenvalue weighted by Crippen LogP contribution is 2.32. The number of hydrogen-bond acceptors (Lipinski definition) is 5. The Morgan fingerprint density at radius 3 is 2.31 bits per heavy atom. The smallest absolute Gasteiger partial charge is 0.417 e. The highest BCUT2D eigenvalue weighted by atomic mass is 35.5. The number of aromatic nitrogens is 1. The number of nitrogens with one attached hydrogen (secondary N) is 2. The minimum atomic E-state index is -4.65. The fourth-order valence-electron chi connectivity index (χ4n) is 2.40. The summed E-state index contributed by atoms with van der Waals surface area (Å²) in [6.07, 6.45) is -4.16. The predicted octanol–water partition coefficient (Wildman–Crippen LogP) is 3.83. The Morgan fingerprint density at radius 2 is 1.78 bits per heavy atom. The first kappa shape index (κ1) is 25.1. The Hall–Kier alpha value is -3.21. The van der Waals surface area contributed by atoms with E-state index >= 15 is 0 Å². The van der Waals surface area contributed by atoms with Crippen molar-refractivity contribution in [2.24, 2.45) is 5.92 Å². The van der Waals surface area contributed by atoms with E-state index in [1.165, 1.54) is 12.1 Å². The SMILES string of the molecule is CC(C)[C@@H](NC(=O)c1ccc(F)cc1)C(=O)OCC(=O)Nc1ncc(C(F)(F)F)cc1Cl. The van der Waals surface area contributed by atoms with Gasteiger partial charge >= 0.3 is 12.1 Å². The second-order valence-corrected chi connectivity index (χ2v) is 7.32. The maximum atomic E-state index is 13.0. The maximum absolute atomic E-state index is 13.0. The lowest BCUT2D eigenvalue weighted by molar-refractivity contribution is -0.150. The molecule has 2 amide bonds. The molecule has 0 saturated carbocycles. The van der Waals surface area contributed by atoms with Crippen molar-refractivity contribution in [2.45, 2.75) is 26.1 Å². The third kappa shape index (κ3) is 6.91. The fraction of sp³-hybridized carbons (Fsp3) is 0.300. The number of alkyl halides is 3. The average Bonchev–Trinajstić information content (AvgIpc) is 2.71. The molecule has 0 aliphatic carbocycles. The van der Waals surface area contributed by atoms with Crippen LogP contribution in [0.5, 0.6) is 0 Å². The first-order valence-corrected chi connectivity index (χ1v) is 9.52. The highest BCUT2D eigenvalue weighted by molar-refractivity contribution is 6.33. The first-order valence-electron chi connectivity index (χ1n) is 9.14. The third-order valence-electron chi connectivity index (χ3n) is 4.09. The van der Waals surface area contributed by atoms with Gasteiger partial charge in [-0.1, -0.05) is 25.4 Å². The molecule has 0 aliphatic heterocycles. The molecular weight excluding hydrogens is 458 g/mol. The number of hydrogen-bond donors (Lipinski definition) is 2. The topological polar surface area (TPSA) is 97.4 Å². The molecule has 2 rings (SSSR count). The van der Waals surface area contributed by atoms with Crippen molar-refractivity contribution in [2.75, 3.05) is 11.9 Å². The van der Waals surface area contributed by atoms with Gasteiger partial charge in [0.1, 0.15) is 11.9 Å². The van der Waals surface area contributed by atoms with E-state index in [-0.39, 0.29) is 11.4 Å². The number of carbonyl (C=O) groups excluding carboxylic acids is 3. The van der Waals surface area contributed by atoms with Crippen LogP contribution in [0.4, 0.5) is 23.4 Å². The lowest BCUT2D eigenvalue weighted by atomic mass is 10.0. The van der Waals surface area contributed by atoms with Gasteiger partial charge in [0.05, 0.1) is 10.6 Å². The average molecular weight is 476 g/mol. The van der Waals surface area contributed by atoms with Gasteiger partial charge in [-0.25, -0.2) is 14.2 Å². The van der Waals surface area contributed by atoms with E-state index in [1.54, 1.807) is 13.8 Å². The molecule has 0 fully saturated rings. The van der Waals surface area contributed by atoms with Crippen LogP contribution in [-0.2, 0) is 20.5 Å². The molecule has 1 aromatic carbocycles. The normalized spacial score (nSPS) is 12.2. The zero-order valence-electron chi connectivity index (χ0n) is 16.8. The third-order valence-corrected chi connectivity index (χ3v) is 4.37. The Balaban J connectivity index is 1.96. The molecule has 32 heavy (non-hydrogen) atoms. The summed E-state index contributed by atoms with van der Waals surface area (Å²) >= 11 is 5.70. The maximum Gasteiger partial charge on any atom is 0.417 e. The van der Waals surface area contributed by atoms with Gasteiger partial charge in [0.25, 0.3) is 11.8 Å². The van der Waals surface area contributed by atoms with Crippen molar-refractivity contribution < 1.29 is 36.7 Å². The summed E-state index contributed by atoms with van der Waals surface area (Å²) in [5.41, 5.74) is -0.978. The Bertz CT molecular complexity index is 997. The molecule has 0 unspecified atom stereocenters. The minimum absolute atomic E-state index is 0.116. The van der Waals surface area contributed by atoms with Gasteiger partial charge in [-0.05, 0) is 36.2 Å². The van der Waals surface area contributed by atoms with Gasteiger partial charge in [-0.15, -0.1) is 0 Å². The molecular formula is C20H18ClF4N3O4. The summed E-state index contributed by atoms with van der Waals surface area (Å²) in [6, 6.07) is 4.12. The van der Waals surface area contributed by atoms with E-state index in [0.717, 1.165) is 12.1 Å². The zero-order chi connectivity index (χ0) is 24.1. The van der Waals surface area contributed by atoms with Crippen LogP contribution >= 0.6 is 11.6 Å². The molecule has 0 saturated heterocycles. The molecule has 7 nitrogen and oxygen atoms in total. The van der Waals surface area contributed by atoms with Gasteiger partial charge in [-0.3, -0.25) is 9.59 Å². The van der Waals surface area contributed by atoms with Crippen LogP contribution in [0.15, 0.2) is 36.5 Å². The van der Waals surface area contributed by atoms with Gasteiger partial charge in [0, 0.05) is 11.8 Å². The summed E-state index contributed by atoms with van der Waals surface area (Å²) in [5.74, 6) is -3.76. The number of anilines is 1. The number of pyridine rings is 1. The van der Waals surface area contributed by atoms with E-state index in [4.69, 9.17) is 16.3 Å². The first-order chi connectivity index (χ1) is 14.9. The summed E-state index contributed by atoms with van der Waals surface area (Å²) < 4.78 is 55.8. The van der Waals surface area contributed by atoms with Crippen molar-refractivity contribution >= 4 is 35.2 Å². The van der Waals surface area contributed by atoms with Crippen LogP contribution in [0.25, 0.3) is 0 Å². The van der Waals surface area contributed by atoms with Gasteiger partial charge < -0.3 is 15.4 Å². The molecule has 0 aliphatic rings. The standard InChI is InChI=1S/C20H18ClF4N3O4/c1-10(2)16(28-18(30)11-3-5-13(22)6-4-11)19(31)32-9-15(29)27-17-14(21)7-12(8-26-17)20(23,24)25/h3-8,10,16H,9H2,1-2H3,(H,28,30)(H,26,27,29)/t16-/m1/s1. The molecule has 2 aromatic rings. The summed E-state index contributed by atoms with van der Waals surface area (Å²) in [6.45, 7) is 2.46. The molecule has 172 valence electrons. The second kappa shape index (κ2) is 10.4. The van der Waals surface area contributed by atoms with E-state index in [9.17, 15) is 31.9 Å². The molecule has 2 N–H and O–H groups in total. The van der Waals surface area contributed by atoms with Crippen molar-refractivity contribution in [1.29, 1.82) is 0 Å². The van der Waals surface area contributed by atoms with Crippen LogP contribution in [0.3, 0.4) is 0 Å². The molecule has 1 heterocycles. The largest absolute Gasteiger partial charge is 0.454 e. The van der Waals surface area contributed by atoms with Crippen molar-refractivity contribution in [3.05, 3.63) is 58.5 Å². The van der Waals surface area contributed by atoms with Crippen molar-refractivity contribution in [1.82, 2.24) is 10.3 Å². The van der Waals surface area contributed by atoms with E-state index < -0.39 is 58.9 Å². The predicted molar refractivity (Wildman–Crippen MR) is 106 cm³/mol. The lowest BCUT2D eigenvalue weighted by Crippen LogP contribution is -2.46. The number of benzene rings is 1. The molecule has 12 heteroatoms. The molecule has 1 atom stereocenters. The number of carbonyl (C=O) groups is 3. The molecule has 1 aromatic heterocycles. The monoisotopic (exact) mass is 475 g/mol. The number of halogens is 5. The summed E-state index contributed by atoms with van der Waals surface area (Å²) in [5, 5.41) is 4.13. The van der Waals surface area contributed by atoms with Crippen LogP contribution in [-0.4, -0.2) is 35.4 Å². The second-order valence-electron chi connectivity index (χ2n) is 6.91. The Kier molecular flexibility index (Phi) is 8.14. The van der Waals surface area contributed by atoms with Crippen LogP contribution in [0.2, 0.25) is 5.02 Å². The fourth-order valence-corrected chi connectivity index (χ4v) is 2.62. The summed E-state index contributed by atoms with van der Waals surface area (Å²) in [7, 11) is 0. The molecule has 0 spiro atoms. The molecule has 0 radical (unpaired) electrons. The van der Waals surface area contributed by atoms with E-state index in [1.807, 2.05) is 0 Å². The van der Waals surface area contributed by atoms with Crippen molar-refractivity contribution in [3.8, 4) is 0 Å². The number of nitrogens with zero attached hydrogens (tertiary/aromatic N) is 1. The number of esters is 1. The van der Waals surface area contributed by atoms with E-state index in [2.05, 4.69) is 15.6 Å². The quantitative estimate of drug-likeness (QED) is 0.468.